The molecular weight excluding hydrogens is 366 g/mol. The molecule has 6 nitrogen and oxygen atoms in total. The molecule has 1 aliphatic heterocycles. The Bertz CT molecular complexity index is 877. The van der Waals surface area contributed by atoms with Crippen LogP contribution in [-0.4, -0.2) is 49.5 Å². The van der Waals surface area contributed by atoms with E-state index in [2.05, 4.69) is 24.1 Å². The van der Waals surface area contributed by atoms with E-state index in [-0.39, 0.29) is 11.8 Å². The first-order valence-corrected chi connectivity index (χ1v) is 10.2. The number of nitrogens with zero attached hydrogens (tertiary/aromatic N) is 2. The normalized spacial score (nSPS) is 12.8. The van der Waals surface area contributed by atoms with Gasteiger partial charge in [0.15, 0.2) is 0 Å². The molecule has 0 saturated carbocycles. The van der Waals surface area contributed by atoms with E-state index in [1.54, 1.807) is 17.9 Å². The summed E-state index contributed by atoms with van der Waals surface area (Å²) in [4.78, 5) is 28.5. The Kier molecular flexibility index (Phi) is 6.88. The highest BCUT2D eigenvalue weighted by Crippen LogP contribution is 2.30. The van der Waals surface area contributed by atoms with Crippen LogP contribution in [0.15, 0.2) is 42.5 Å². The van der Waals surface area contributed by atoms with E-state index < -0.39 is 0 Å². The third-order valence-corrected chi connectivity index (χ3v) is 5.31. The highest BCUT2D eigenvalue weighted by atomic mass is 16.5. The molecule has 0 aromatic heterocycles. The van der Waals surface area contributed by atoms with Gasteiger partial charge in [-0.05, 0) is 55.4 Å². The number of amides is 2. The Morgan fingerprint density at radius 1 is 1.14 bits per heavy atom. The summed E-state index contributed by atoms with van der Waals surface area (Å²) in [6.07, 6.45) is 0.765. The van der Waals surface area contributed by atoms with Crippen molar-refractivity contribution in [1.82, 2.24) is 4.90 Å². The van der Waals surface area contributed by atoms with Crippen LogP contribution in [0.3, 0.4) is 0 Å². The molecule has 1 N–H and O–H groups in total. The lowest BCUT2D eigenvalue weighted by Crippen LogP contribution is -2.28. The summed E-state index contributed by atoms with van der Waals surface area (Å²) in [5, 5.41) is 2.96. The SMILES string of the molecule is CCN(CC)CCOc1ccccc1NC(=O)c1ccc2c(c1)CCN2C(C)=O. The van der Waals surface area contributed by atoms with Crippen molar-refractivity contribution in [1.29, 1.82) is 0 Å². The Morgan fingerprint density at radius 2 is 1.90 bits per heavy atom. The first kappa shape index (κ1) is 20.9. The summed E-state index contributed by atoms with van der Waals surface area (Å²) in [7, 11) is 0. The predicted octanol–water partition coefficient (Wildman–Crippen LogP) is 3.57. The highest BCUT2D eigenvalue weighted by Gasteiger charge is 2.23. The van der Waals surface area contributed by atoms with Crippen LogP contribution in [0.25, 0.3) is 0 Å². The minimum atomic E-state index is -0.186. The number of para-hydroxylation sites is 2. The molecule has 1 aliphatic rings. The molecule has 0 radical (unpaired) electrons. The van der Waals surface area contributed by atoms with E-state index in [0.29, 0.717) is 30.2 Å². The second-order valence-electron chi connectivity index (χ2n) is 7.09. The van der Waals surface area contributed by atoms with Crippen molar-refractivity contribution >= 4 is 23.2 Å². The number of likely N-dealkylation sites (N-methyl/N-ethyl adjacent to an activating group) is 1. The van der Waals surface area contributed by atoms with Crippen molar-refractivity contribution in [2.45, 2.75) is 27.2 Å². The fourth-order valence-electron chi connectivity index (χ4n) is 3.58. The fraction of sp³-hybridized carbons (Fsp3) is 0.391. The second kappa shape index (κ2) is 9.56. The van der Waals surface area contributed by atoms with Gasteiger partial charge in [-0.3, -0.25) is 9.59 Å². The van der Waals surface area contributed by atoms with Crippen LogP contribution >= 0.6 is 0 Å². The van der Waals surface area contributed by atoms with Gasteiger partial charge in [0.05, 0.1) is 5.69 Å². The van der Waals surface area contributed by atoms with Gasteiger partial charge in [-0.25, -0.2) is 0 Å². The molecule has 0 saturated heterocycles. The minimum Gasteiger partial charge on any atom is -0.490 e. The van der Waals surface area contributed by atoms with Gasteiger partial charge in [0, 0.05) is 31.3 Å². The molecule has 0 unspecified atom stereocenters. The van der Waals surface area contributed by atoms with Crippen LogP contribution < -0.4 is 15.0 Å². The molecule has 154 valence electrons. The first-order valence-electron chi connectivity index (χ1n) is 10.2. The molecule has 3 rings (SSSR count). The number of ether oxygens (including phenoxy) is 1. The predicted molar refractivity (Wildman–Crippen MR) is 116 cm³/mol. The molecule has 29 heavy (non-hydrogen) atoms. The number of carbonyl (C=O) groups excluding carboxylic acids is 2. The lowest BCUT2D eigenvalue weighted by molar-refractivity contribution is -0.116. The topological polar surface area (TPSA) is 61.9 Å². The van der Waals surface area contributed by atoms with E-state index in [0.717, 1.165) is 37.3 Å². The number of hydrogen-bond acceptors (Lipinski definition) is 4. The van der Waals surface area contributed by atoms with E-state index >= 15 is 0 Å². The molecule has 6 heteroatoms. The maximum Gasteiger partial charge on any atom is 0.255 e. The third-order valence-electron chi connectivity index (χ3n) is 5.31. The Balaban J connectivity index is 1.68. The Hall–Kier alpha value is -2.86. The summed E-state index contributed by atoms with van der Waals surface area (Å²) in [5.74, 6) is 0.502. The standard InChI is InChI=1S/C23H29N3O3/c1-4-25(5-2)14-15-29-22-9-7-6-8-20(22)24-23(28)19-10-11-21-18(16-19)12-13-26(21)17(3)27/h6-11,16H,4-5,12-15H2,1-3H3,(H,24,28). The molecule has 1 heterocycles. The zero-order valence-electron chi connectivity index (χ0n) is 17.4. The number of benzene rings is 2. The van der Waals surface area contributed by atoms with Crippen LogP contribution in [0.5, 0.6) is 5.75 Å². The summed E-state index contributed by atoms with van der Waals surface area (Å²) in [6, 6.07) is 13.0. The molecule has 0 spiro atoms. The molecule has 2 amide bonds. The average Bonchev–Trinajstić information content (AvgIpc) is 3.16. The van der Waals surface area contributed by atoms with Crippen LogP contribution in [0.4, 0.5) is 11.4 Å². The zero-order chi connectivity index (χ0) is 20.8. The van der Waals surface area contributed by atoms with Crippen LogP contribution in [0.1, 0.15) is 36.7 Å². The number of carbonyl (C=O) groups is 2. The number of nitrogens with one attached hydrogen (secondary N) is 1. The van der Waals surface area contributed by atoms with Gasteiger partial charge in [-0.1, -0.05) is 26.0 Å². The van der Waals surface area contributed by atoms with Gasteiger partial charge in [0.2, 0.25) is 5.91 Å². The van der Waals surface area contributed by atoms with Crippen molar-refractivity contribution in [2.24, 2.45) is 0 Å². The highest BCUT2D eigenvalue weighted by molar-refractivity contribution is 6.06. The second-order valence-corrected chi connectivity index (χ2v) is 7.09. The number of hydrogen-bond donors (Lipinski definition) is 1. The van der Waals surface area contributed by atoms with E-state index in [1.165, 1.54) is 0 Å². The van der Waals surface area contributed by atoms with E-state index in [1.807, 2.05) is 36.4 Å². The lowest BCUT2D eigenvalue weighted by Gasteiger charge is -2.19. The molecule has 2 aromatic rings. The van der Waals surface area contributed by atoms with Gasteiger partial charge in [-0.2, -0.15) is 0 Å². The minimum absolute atomic E-state index is 0.0248. The summed E-state index contributed by atoms with van der Waals surface area (Å²) < 4.78 is 5.92. The monoisotopic (exact) mass is 395 g/mol. The zero-order valence-corrected chi connectivity index (χ0v) is 17.4. The van der Waals surface area contributed by atoms with Gasteiger partial charge in [0.1, 0.15) is 12.4 Å². The van der Waals surface area contributed by atoms with Crippen LogP contribution in [0, 0.1) is 0 Å². The Labute approximate surface area is 172 Å². The van der Waals surface area contributed by atoms with Gasteiger partial charge in [-0.15, -0.1) is 0 Å². The van der Waals surface area contributed by atoms with Crippen molar-refractivity contribution in [3.05, 3.63) is 53.6 Å². The molecule has 0 fully saturated rings. The van der Waals surface area contributed by atoms with E-state index in [9.17, 15) is 9.59 Å². The van der Waals surface area contributed by atoms with Crippen LogP contribution in [-0.2, 0) is 11.2 Å². The first-order chi connectivity index (χ1) is 14.0. The van der Waals surface area contributed by atoms with Crippen molar-refractivity contribution in [2.75, 3.05) is 43.0 Å². The third kappa shape index (κ3) is 4.95. The van der Waals surface area contributed by atoms with Crippen molar-refractivity contribution in [3.8, 4) is 5.75 Å². The van der Waals surface area contributed by atoms with Crippen molar-refractivity contribution in [3.63, 3.8) is 0 Å². The number of anilines is 2. The van der Waals surface area contributed by atoms with Crippen molar-refractivity contribution < 1.29 is 14.3 Å². The Morgan fingerprint density at radius 3 is 2.62 bits per heavy atom. The largest absolute Gasteiger partial charge is 0.490 e. The quantitative estimate of drug-likeness (QED) is 0.742. The number of rotatable bonds is 8. The molecule has 0 atom stereocenters. The maximum absolute atomic E-state index is 12.8. The molecular formula is C23H29N3O3. The average molecular weight is 396 g/mol. The van der Waals surface area contributed by atoms with Gasteiger partial charge >= 0.3 is 0 Å². The molecule has 0 aliphatic carbocycles. The molecule has 2 aromatic carbocycles. The van der Waals surface area contributed by atoms with Gasteiger partial charge < -0.3 is 19.9 Å². The van der Waals surface area contributed by atoms with Gasteiger partial charge in [0.25, 0.3) is 5.91 Å². The summed E-state index contributed by atoms with van der Waals surface area (Å²) in [6.45, 7) is 9.86. The molecule has 0 bridgehead atoms. The summed E-state index contributed by atoms with van der Waals surface area (Å²) >= 11 is 0. The van der Waals surface area contributed by atoms with Crippen LogP contribution in [0.2, 0.25) is 0 Å². The summed E-state index contributed by atoms with van der Waals surface area (Å²) in [5.41, 5.74) is 3.15. The maximum atomic E-state index is 12.8. The smallest absolute Gasteiger partial charge is 0.255 e. The van der Waals surface area contributed by atoms with E-state index in [4.69, 9.17) is 4.74 Å². The fourth-order valence-corrected chi connectivity index (χ4v) is 3.58. The lowest BCUT2D eigenvalue weighted by atomic mass is 10.1. The number of fused-ring (bicyclic) bond motifs is 1.